The molecule has 1 unspecified atom stereocenters. The predicted molar refractivity (Wildman–Crippen MR) is 106 cm³/mol. The van der Waals surface area contributed by atoms with Gasteiger partial charge in [-0.3, -0.25) is 0 Å². The first kappa shape index (κ1) is 19.3. The van der Waals surface area contributed by atoms with Gasteiger partial charge in [-0.2, -0.15) is 0 Å². The molecule has 0 saturated carbocycles. The average molecular weight is 457 g/mol. The summed E-state index contributed by atoms with van der Waals surface area (Å²) in [6.45, 7) is 1.36. The van der Waals surface area contributed by atoms with Gasteiger partial charge in [0, 0.05) is 18.1 Å². The highest BCUT2D eigenvalue weighted by molar-refractivity contribution is 14.0. The number of fused-ring (bicyclic) bond motifs is 1. The summed E-state index contributed by atoms with van der Waals surface area (Å²) in [7, 11) is 0. The summed E-state index contributed by atoms with van der Waals surface area (Å²) >= 11 is 0. The van der Waals surface area contributed by atoms with Gasteiger partial charge in [0.15, 0.2) is 5.96 Å². The molecule has 0 amide bonds. The maximum absolute atomic E-state index is 13.0. The smallest absolute Gasteiger partial charge is 0.189 e. The van der Waals surface area contributed by atoms with E-state index in [2.05, 4.69) is 10.3 Å². The highest BCUT2D eigenvalue weighted by Gasteiger charge is 2.21. The first-order chi connectivity index (χ1) is 11.7. The van der Waals surface area contributed by atoms with Gasteiger partial charge < -0.3 is 20.5 Å². The number of nitrogens with one attached hydrogen (secondary N) is 1. The Balaban J connectivity index is 0.00000225. The number of rotatable bonds is 5. The summed E-state index contributed by atoms with van der Waals surface area (Å²) in [5.41, 5.74) is 7.03. The maximum Gasteiger partial charge on any atom is 0.189 e. The fraction of sp³-hybridized carbons (Fsp3) is 0.278. The zero-order chi connectivity index (χ0) is 16.8. The van der Waals surface area contributed by atoms with Crippen molar-refractivity contribution in [1.82, 2.24) is 5.32 Å². The van der Waals surface area contributed by atoms with E-state index in [-0.39, 0.29) is 35.8 Å². The standard InChI is InChI=1S/C18H20FN3O2.HI/c19-13-4-3-5-14(12-13)23-11-9-21-18(20)22-16-8-10-24-17-7-2-1-6-15(16)17;/h1-7,12,16H,8-11H2,(H3,20,21,22);1H. The van der Waals surface area contributed by atoms with Crippen LogP contribution in [-0.4, -0.2) is 25.7 Å². The minimum Gasteiger partial charge on any atom is -0.493 e. The minimum atomic E-state index is -0.324. The summed E-state index contributed by atoms with van der Waals surface area (Å²) in [5, 5.41) is 3.22. The maximum atomic E-state index is 13.0. The fourth-order valence-corrected chi connectivity index (χ4v) is 2.60. The Morgan fingerprint density at radius 1 is 1.28 bits per heavy atom. The van der Waals surface area contributed by atoms with Crippen LogP contribution in [0.2, 0.25) is 0 Å². The van der Waals surface area contributed by atoms with Crippen molar-refractivity contribution in [3.05, 3.63) is 59.9 Å². The second-order valence-corrected chi connectivity index (χ2v) is 5.44. The zero-order valence-corrected chi connectivity index (χ0v) is 16.0. The predicted octanol–water partition coefficient (Wildman–Crippen LogP) is 3.25. The van der Waals surface area contributed by atoms with Gasteiger partial charge in [0.05, 0.1) is 19.2 Å². The van der Waals surface area contributed by atoms with Crippen LogP contribution in [0.3, 0.4) is 0 Å². The lowest BCUT2D eigenvalue weighted by atomic mass is 10.0. The number of hydrogen-bond acceptors (Lipinski definition) is 3. The molecule has 0 spiro atoms. The van der Waals surface area contributed by atoms with Crippen molar-refractivity contribution in [2.24, 2.45) is 10.7 Å². The molecule has 0 saturated heterocycles. The van der Waals surface area contributed by atoms with E-state index < -0.39 is 0 Å². The highest BCUT2D eigenvalue weighted by Crippen LogP contribution is 2.31. The van der Waals surface area contributed by atoms with Crippen LogP contribution < -0.4 is 20.5 Å². The lowest BCUT2D eigenvalue weighted by molar-refractivity contribution is 0.262. The molecule has 2 aromatic rings. The van der Waals surface area contributed by atoms with E-state index in [9.17, 15) is 4.39 Å². The largest absolute Gasteiger partial charge is 0.493 e. The molecule has 3 N–H and O–H groups in total. The molecule has 25 heavy (non-hydrogen) atoms. The normalized spacial score (nSPS) is 16.2. The number of nitrogens with two attached hydrogens (primary N) is 1. The number of para-hydroxylation sites is 1. The van der Waals surface area contributed by atoms with Gasteiger partial charge >= 0.3 is 0 Å². The number of nitrogens with zero attached hydrogens (tertiary/aromatic N) is 1. The molecule has 1 aliphatic rings. The number of ether oxygens (including phenoxy) is 2. The number of hydrogen-bond donors (Lipinski definition) is 2. The lowest BCUT2D eigenvalue weighted by Crippen LogP contribution is -2.37. The van der Waals surface area contributed by atoms with Crippen LogP contribution in [0.1, 0.15) is 18.0 Å². The van der Waals surface area contributed by atoms with E-state index in [1.54, 1.807) is 12.1 Å². The Morgan fingerprint density at radius 2 is 2.12 bits per heavy atom. The van der Waals surface area contributed by atoms with Gasteiger partial charge in [-0.25, -0.2) is 9.38 Å². The van der Waals surface area contributed by atoms with E-state index in [4.69, 9.17) is 15.2 Å². The van der Waals surface area contributed by atoms with Crippen molar-refractivity contribution in [2.75, 3.05) is 19.8 Å². The van der Waals surface area contributed by atoms with E-state index in [0.29, 0.717) is 31.5 Å². The lowest BCUT2D eigenvalue weighted by Gasteiger charge is -2.26. The van der Waals surface area contributed by atoms with Crippen molar-refractivity contribution in [1.29, 1.82) is 0 Å². The molecule has 0 aliphatic carbocycles. The molecule has 5 nitrogen and oxygen atoms in total. The molecule has 7 heteroatoms. The summed E-state index contributed by atoms with van der Waals surface area (Å²) < 4.78 is 24.1. The highest BCUT2D eigenvalue weighted by atomic mass is 127. The average Bonchev–Trinajstić information content (AvgIpc) is 2.59. The Bertz CT molecular complexity index is 727. The van der Waals surface area contributed by atoms with Crippen LogP contribution >= 0.6 is 24.0 Å². The van der Waals surface area contributed by atoms with Crippen molar-refractivity contribution in [2.45, 2.75) is 12.5 Å². The summed E-state index contributed by atoms with van der Waals surface area (Å²) in [5.74, 6) is 1.40. The second-order valence-electron chi connectivity index (χ2n) is 5.44. The minimum absolute atomic E-state index is 0. The monoisotopic (exact) mass is 457 g/mol. The number of benzene rings is 2. The van der Waals surface area contributed by atoms with Crippen LogP contribution in [0.4, 0.5) is 4.39 Å². The van der Waals surface area contributed by atoms with Crippen LogP contribution in [0.5, 0.6) is 11.5 Å². The molecule has 1 atom stereocenters. The van der Waals surface area contributed by atoms with Crippen molar-refractivity contribution in [3.8, 4) is 11.5 Å². The molecule has 0 aromatic heterocycles. The molecule has 0 bridgehead atoms. The molecule has 2 aromatic carbocycles. The van der Waals surface area contributed by atoms with Gasteiger partial charge in [0.2, 0.25) is 0 Å². The topological polar surface area (TPSA) is 68.9 Å². The van der Waals surface area contributed by atoms with Crippen molar-refractivity contribution in [3.63, 3.8) is 0 Å². The third-order valence-corrected chi connectivity index (χ3v) is 3.72. The van der Waals surface area contributed by atoms with E-state index in [1.165, 1.54) is 12.1 Å². The summed E-state index contributed by atoms with van der Waals surface area (Å²) in [6.07, 6.45) is 0.826. The quantitative estimate of drug-likeness (QED) is 0.313. The van der Waals surface area contributed by atoms with E-state index >= 15 is 0 Å². The van der Waals surface area contributed by atoms with Gasteiger partial charge in [0.25, 0.3) is 0 Å². The number of guanidine groups is 1. The second kappa shape index (κ2) is 9.45. The van der Waals surface area contributed by atoms with Crippen LogP contribution in [-0.2, 0) is 0 Å². The number of halogens is 2. The molecule has 134 valence electrons. The van der Waals surface area contributed by atoms with Gasteiger partial charge in [-0.1, -0.05) is 24.3 Å². The Labute approximate surface area is 163 Å². The third kappa shape index (κ3) is 5.48. The molecule has 0 radical (unpaired) electrons. The first-order valence-electron chi connectivity index (χ1n) is 7.89. The van der Waals surface area contributed by atoms with Crippen molar-refractivity contribution >= 4 is 29.9 Å². The van der Waals surface area contributed by atoms with Crippen LogP contribution in [0.15, 0.2) is 53.5 Å². The van der Waals surface area contributed by atoms with Crippen molar-refractivity contribution < 1.29 is 13.9 Å². The molecule has 1 aliphatic heterocycles. The summed E-state index contributed by atoms with van der Waals surface area (Å²) in [4.78, 5) is 4.25. The Morgan fingerprint density at radius 3 is 2.96 bits per heavy atom. The Hall–Kier alpha value is -2.03. The first-order valence-corrected chi connectivity index (χ1v) is 7.89. The molecular formula is C18H21FIN3O2. The van der Waals surface area contributed by atoms with E-state index in [0.717, 1.165) is 17.7 Å². The fourth-order valence-electron chi connectivity index (χ4n) is 2.60. The SMILES string of the molecule is I.NC(=NCCOc1cccc(F)c1)NC1CCOc2ccccc21. The van der Waals surface area contributed by atoms with Gasteiger partial charge in [0.1, 0.15) is 23.9 Å². The van der Waals surface area contributed by atoms with Crippen LogP contribution in [0.25, 0.3) is 0 Å². The zero-order valence-electron chi connectivity index (χ0n) is 13.7. The molecule has 0 fully saturated rings. The molecule has 3 rings (SSSR count). The molecule has 1 heterocycles. The summed E-state index contributed by atoms with van der Waals surface area (Å²) in [6, 6.07) is 14.0. The molecular weight excluding hydrogens is 436 g/mol. The number of aliphatic imine (C=N–C) groups is 1. The Kier molecular flexibility index (Phi) is 7.30. The van der Waals surface area contributed by atoms with Gasteiger partial charge in [-0.05, 0) is 18.2 Å². The van der Waals surface area contributed by atoms with E-state index in [1.807, 2.05) is 24.3 Å². The van der Waals surface area contributed by atoms with Gasteiger partial charge in [-0.15, -0.1) is 24.0 Å². The van der Waals surface area contributed by atoms with Crippen LogP contribution in [0, 0.1) is 5.82 Å². The third-order valence-electron chi connectivity index (χ3n) is 3.72.